The fraction of sp³-hybridized carbons (Fsp3) is 0.308. The Morgan fingerprint density at radius 1 is 0.897 bits per heavy atom. The average Bonchev–Trinajstić information content (AvgIpc) is 3.23. The molecule has 0 N–H and O–H groups in total. The Morgan fingerprint density at radius 2 is 1.62 bits per heavy atom. The topological polar surface area (TPSA) is 30.7 Å². The number of aromatic nitrogens is 3. The first-order chi connectivity index (χ1) is 14.1. The lowest BCUT2D eigenvalue weighted by Gasteiger charge is -2.32. The Bertz CT molecular complexity index is 1020. The monoisotopic (exact) mass is 383 g/mol. The number of imidazole rings is 1. The Balaban J connectivity index is 1.87. The fourth-order valence-electron chi connectivity index (χ4n) is 4.25. The second-order valence-electron chi connectivity index (χ2n) is 8.38. The lowest BCUT2D eigenvalue weighted by Crippen LogP contribution is -2.18. The molecule has 1 atom stereocenters. The van der Waals surface area contributed by atoms with Gasteiger partial charge in [0.05, 0.1) is 0 Å². The van der Waals surface area contributed by atoms with Crippen molar-refractivity contribution in [3.63, 3.8) is 0 Å². The average molecular weight is 384 g/mol. The van der Waals surface area contributed by atoms with E-state index in [4.69, 9.17) is 4.98 Å². The molecule has 1 aliphatic rings. The molecule has 4 rings (SSSR count). The predicted molar refractivity (Wildman–Crippen MR) is 120 cm³/mol. The second kappa shape index (κ2) is 8.20. The predicted octanol–water partition coefficient (Wildman–Crippen LogP) is 6.58. The second-order valence-corrected chi connectivity index (χ2v) is 8.38. The van der Waals surface area contributed by atoms with Gasteiger partial charge < -0.3 is 0 Å². The number of hydrogen-bond acceptors (Lipinski definition) is 2. The Hall–Kier alpha value is -2.94. The molecule has 148 valence electrons. The Morgan fingerprint density at radius 3 is 2.28 bits per heavy atom. The first-order valence-electron chi connectivity index (χ1n) is 10.5. The van der Waals surface area contributed by atoms with Gasteiger partial charge >= 0.3 is 0 Å². The van der Waals surface area contributed by atoms with Crippen LogP contribution in [0.25, 0.3) is 17.1 Å². The van der Waals surface area contributed by atoms with Crippen LogP contribution >= 0.6 is 0 Å². The van der Waals surface area contributed by atoms with Gasteiger partial charge in [0.25, 0.3) is 0 Å². The highest BCUT2D eigenvalue weighted by Crippen LogP contribution is 2.43. The molecule has 1 aromatic carbocycles. The molecule has 29 heavy (non-hydrogen) atoms. The molecule has 0 aliphatic heterocycles. The molecule has 3 heteroatoms. The van der Waals surface area contributed by atoms with Crippen molar-refractivity contribution in [1.29, 1.82) is 0 Å². The van der Waals surface area contributed by atoms with Crippen molar-refractivity contribution in [3.8, 4) is 11.4 Å². The first kappa shape index (κ1) is 19.4. The normalized spacial score (nSPS) is 17.2. The van der Waals surface area contributed by atoms with Gasteiger partial charge in [0.1, 0.15) is 5.82 Å². The summed E-state index contributed by atoms with van der Waals surface area (Å²) in [6.45, 7) is 9.19. The van der Waals surface area contributed by atoms with Crippen molar-refractivity contribution in [1.82, 2.24) is 14.5 Å². The van der Waals surface area contributed by atoms with Crippen LogP contribution in [0.4, 0.5) is 0 Å². The summed E-state index contributed by atoms with van der Waals surface area (Å²) in [6.07, 6.45) is 11.3. The van der Waals surface area contributed by atoms with Gasteiger partial charge in [-0.05, 0) is 47.1 Å². The van der Waals surface area contributed by atoms with E-state index in [2.05, 4.69) is 92.0 Å². The smallest absolute Gasteiger partial charge is 0.144 e. The first-order valence-corrected chi connectivity index (χ1v) is 10.5. The molecule has 3 nitrogen and oxygen atoms in total. The molecule has 0 spiro atoms. The van der Waals surface area contributed by atoms with Crippen LogP contribution in [0.5, 0.6) is 0 Å². The van der Waals surface area contributed by atoms with Crippen LogP contribution in [0.15, 0.2) is 84.5 Å². The summed E-state index contributed by atoms with van der Waals surface area (Å²) in [7, 11) is 0. The quantitative estimate of drug-likeness (QED) is 0.498. The lowest BCUT2D eigenvalue weighted by atomic mass is 9.77. The van der Waals surface area contributed by atoms with Crippen molar-refractivity contribution in [3.05, 3.63) is 90.0 Å². The minimum Gasteiger partial charge on any atom is -0.300 e. The van der Waals surface area contributed by atoms with E-state index in [1.54, 1.807) is 0 Å². The zero-order valence-electron chi connectivity index (χ0n) is 17.7. The van der Waals surface area contributed by atoms with Crippen LogP contribution < -0.4 is 0 Å². The molecule has 1 unspecified atom stereocenters. The standard InChI is InChI=1S/C26H29N3/c1-18(2)23-16-22(20-10-12-27-13-11-20)17-24(19(3)4)25(23)29-15-14-28-26(29)21-8-6-5-7-9-21/h5-16,18-19,22H,17H2,1-4H3. The van der Waals surface area contributed by atoms with E-state index in [1.165, 1.54) is 22.4 Å². The third kappa shape index (κ3) is 3.82. The Labute approximate surface area is 173 Å². The molecule has 3 aromatic rings. The summed E-state index contributed by atoms with van der Waals surface area (Å²) in [5.74, 6) is 2.28. The maximum Gasteiger partial charge on any atom is 0.144 e. The maximum absolute atomic E-state index is 4.72. The van der Waals surface area contributed by atoms with Crippen LogP contribution in [-0.4, -0.2) is 14.5 Å². The molecule has 0 bridgehead atoms. The third-order valence-electron chi connectivity index (χ3n) is 5.76. The minimum atomic E-state index is 0.389. The molecular formula is C26H29N3. The molecule has 0 saturated carbocycles. The van der Waals surface area contributed by atoms with E-state index in [1.807, 2.05) is 18.6 Å². The van der Waals surface area contributed by atoms with Crippen LogP contribution in [0.2, 0.25) is 0 Å². The van der Waals surface area contributed by atoms with Crippen LogP contribution in [0.3, 0.4) is 0 Å². The molecule has 1 aliphatic carbocycles. The van der Waals surface area contributed by atoms with Crippen molar-refractivity contribution in [2.75, 3.05) is 0 Å². The highest BCUT2D eigenvalue weighted by atomic mass is 15.1. The van der Waals surface area contributed by atoms with E-state index < -0.39 is 0 Å². The summed E-state index contributed by atoms with van der Waals surface area (Å²) in [5.41, 5.74) is 6.71. The molecule has 2 aromatic heterocycles. The number of allylic oxidation sites excluding steroid dienone is 4. The Kier molecular flexibility index (Phi) is 5.48. The van der Waals surface area contributed by atoms with E-state index in [9.17, 15) is 0 Å². The summed E-state index contributed by atoms with van der Waals surface area (Å²) in [5, 5.41) is 0. The molecule has 0 saturated heterocycles. The van der Waals surface area contributed by atoms with E-state index >= 15 is 0 Å². The molecule has 0 radical (unpaired) electrons. The van der Waals surface area contributed by atoms with Crippen molar-refractivity contribution < 1.29 is 0 Å². The van der Waals surface area contributed by atoms with E-state index in [0.29, 0.717) is 17.8 Å². The lowest BCUT2D eigenvalue weighted by molar-refractivity contribution is 0.645. The van der Waals surface area contributed by atoms with Crippen LogP contribution in [0.1, 0.15) is 45.6 Å². The van der Waals surface area contributed by atoms with Gasteiger partial charge in [-0.25, -0.2) is 4.98 Å². The number of pyridine rings is 1. The van der Waals surface area contributed by atoms with Gasteiger partial charge in [0.15, 0.2) is 0 Å². The van der Waals surface area contributed by atoms with Gasteiger partial charge in [0, 0.05) is 42.0 Å². The van der Waals surface area contributed by atoms with Gasteiger partial charge in [0.2, 0.25) is 0 Å². The summed E-state index contributed by atoms with van der Waals surface area (Å²) in [6, 6.07) is 14.8. The SMILES string of the molecule is CC(C)C1=CC(c2ccncc2)CC(C(C)C)=C1n1ccnc1-c1ccccc1. The summed E-state index contributed by atoms with van der Waals surface area (Å²) < 4.78 is 2.30. The molecule has 0 fully saturated rings. The van der Waals surface area contributed by atoms with Gasteiger partial charge in [-0.15, -0.1) is 0 Å². The molecule has 2 heterocycles. The number of rotatable bonds is 5. The number of benzene rings is 1. The zero-order chi connectivity index (χ0) is 20.4. The van der Waals surface area contributed by atoms with Gasteiger partial charge in [-0.1, -0.05) is 64.1 Å². The summed E-state index contributed by atoms with van der Waals surface area (Å²) in [4.78, 5) is 8.92. The minimum absolute atomic E-state index is 0.389. The van der Waals surface area contributed by atoms with Crippen molar-refractivity contribution >= 4 is 5.70 Å². The van der Waals surface area contributed by atoms with E-state index in [0.717, 1.165) is 17.8 Å². The number of nitrogens with zero attached hydrogens (tertiary/aromatic N) is 3. The fourth-order valence-corrected chi connectivity index (χ4v) is 4.25. The van der Waals surface area contributed by atoms with Gasteiger partial charge in [-0.2, -0.15) is 0 Å². The van der Waals surface area contributed by atoms with Crippen molar-refractivity contribution in [2.24, 2.45) is 11.8 Å². The maximum atomic E-state index is 4.72. The van der Waals surface area contributed by atoms with E-state index in [-0.39, 0.29) is 0 Å². The zero-order valence-corrected chi connectivity index (χ0v) is 17.7. The molecular weight excluding hydrogens is 354 g/mol. The third-order valence-corrected chi connectivity index (χ3v) is 5.76. The highest BCUT2D eigenvalue weighted by molar-refractivity contribution is 5.75. The molecule has 0 amide bonds. The highest BCUT2D eigenvalue weighted by Gasteiger charge is 2.28. The summed E-state index contributed by atoms with van der Waals surface area (Å²) >= 11 is 0. The van der Waals surface area contributed by atoms with Gasteiger partial charge in [-0.3, -0.25) is 9.55 Å². The van der Waals surface area contributed by atoms with Crippen molar-refractivity contribution in [2.45, 2.75) is 40.0 Å². The van der Waals surface area contributed by atoms with Crippen LogP contribution in [-0.2, 0) is 0 Å². The number of hydrogen-bond donors (Lipinski definition) is 0. The largest absolute Gasteiger partial charge is 0.300 e. The van der Waals surface area contributed by atoms with Crippen LogP contribution in [0, 0.1) is 11.8 Å².